The van der Waals surface area contributed by atoms with Crippen LogP contribution >= 0.6 is 0 Å². The Bertz CT molecular complexity index is 3180. The van der Waals surface area contributed by atoms with E-state index in [2.05, 4.69) is 205 Å². The molecule has 0 aromatic carbocycles. The smallest absolute Gasteiger partial charge is 0.311 e. The zero-order valence-electron chi connectivity index (χ0n) is 88.8. The third-order valence-corrected chi connectivity index (χ3v) is 30.0. The van der Waals surface area contributed by atoms with Gasteiger partial charge in [0.15, 0.2) is 0 Å². The van der Waals surface area contributed by atoms with E-state index in [0.29, 0.717) is 37.5 Å². The number of piperidine rings is 6. The second-order valence-electron chi connectivity index (χ2n) is 46.0. The molecule has 0 saturated carbocycles. The summed E-state index contributed by atoms with van der Waals surface area (Å²) in [4.78, 5) is 111. The van der Waals surface area contributed by atoms with Gasteiger partial charge in [0.25, 0.3) is 0 Å². The van der Waals surface area contributed by atoms with Crippen LogP contribution in [0.15, 0.2) is 0 Å². The highest BCUT2D eigenvalue weighted by molar-refractivity contribution is 5.77. The quantitative estimate of drug-likeness (QED) is 0.0581. The van der Waals surface area contributed by atoms with E-state index in [0.717, 1.165) is 247 Å². The zero-order chi connectivity index (χ0) is 97.0. The Morgan fingerprint density at radius 3 is 0.786 bits per heavy atom. The van der Waals surface area contributed by atoms with Crippen molar-refractivity contribution in [2.75, 3.05) is 330 Å². The Balaban J connectivity index is 0.000000243. The zero-order valence-corrected chi connectivity index (χ0v) is 88.8. The number of carbonyl (C=O) groups excluding carboxylic acids is 6. The monoisotopic (exact) mass is 1860 g/mol. The Morgan fingerprint density at radius 1 is 0.282 bits per heavy atom. The Hall–Kier alpha value is -3.86. The molecule has 0 spiro atoms. The molecule has 131 heavy (non-hydrogen) atoms. The predicted molar refractivity (Wildman–Crippen MR) is 530 cm³/mol. The van der Waals surface area contributed by atoms with E-state index in [9.17, 15) is 28.8 Å². The first kappa shape index (κ1) is 116. The molecule has 0 atom stereocenters. The summed E-state index contributed by atoms with van der Waals surface area (Å²) in [5, 5.41) is 0. The van der Waals surface area contributed by atoms with E-state index in [1.807, 2.05) is 39.8 Å². The van der Waals surface area contributed by atoms with Crippen LogP contribution in [0, 0.1) is 34.5 Å². The van der Waals surface area contributed by atoms with E-state index in [1.165, 1.54) is 119 Å². The number of ether oxygens (including phenoxy) is 7. The number of morpholine rings is 1. The highest BCUT2D eigenvalue weighted by atomic mass is 16.6. The molecule has 11 fully saturated rings. The van der Waals surface area contributed by atoms with Gasteiger partial charge in [0, 0.05) is 216 Å². The number of carbonyl (C=O) groups is 6. The van der Waals surface area contributed by atoms with Crippen molar-refractivity contribution in [1.29, 1.82) is 0 Å². The molecule has 29 heteroatoms. The highest BCUT2D eigenvalue weighted by Crippen LogP contribution is 2.35. The summed E-state index contributed by atoms with van der Waals surface area (Å²) in [6.07, 6.45) is 11.2. The number of piperazine rings is 4. The molecule has 0 N–H and O–H groups in total. The molecule has 11 aliphatic heterocycles. The molecule has 0 aliphatic carbocycles. The fourth-order valence-electron chi connectivity index (χ4n) is 19.6. The summed E-state index contributed by atoms with van der Waals surface area (Å²) in [6.45, 7) is 96.0. The third-order valence-electron chi connectivity index (χ3n) is 30.0. The number of likely N-dealkylation sites (N-methyl/N-ethyl adjacent to an activating group) is 1. The molecule has 11 rings (SSSR count). The summed E-state index contributed by atoms with van der Waals surface area (Å²) < 4.78 is 36.3. The number of rotatable bonds is 26. The van der Waals surface area contributed by atoms with Crippen molar-refractivity contribution in [1.82, 2.24) is 78.4 Å². The first-order valence-electron chi connectivity index (χ1n) is 51.6. The summed E-state index contributed by atoms with van der Waals surface area (Å²) >= 11 is 0. The lowest BCUT2D eigenvalue weighted by Gasteiger charge is -2.43. The second kappa shape index (κ2) is 56.4. The Morgan fingerprint density at radius 2 is 0.519 bits per heavy atom. The van der Waals surface area contributed by atoms with Crippen LogP contribution in [0.4, 0.5) is 0 Å². The number of hydrogen-bond donors (Lipinski definition) is 0. The van der Waals surface area contributed by atoms with Crippen LogP contribution in [0.2, 0.25) is 0 Å². The Labute approximate surface area is 798 Å². The molecule has 0 amide bonds. The normalized spacial score (nSPS) is 23.1. The van der Waals surface area contributed by atoms with Crippen molar-refractivity contribution in [2.24, 2.45) is 34.5 Å². The number of esters is 6. The van der Waals surface area contributed by atoms with Crippen molar-refractivity contribution in [3.05, 3.63) is 0 Å². The SMILES string of the molecule is CC(C)(C)N1CCC(C(=O)OCCN2CCOCC2)CC1.CCOC(=O)C1(C)CCN(CCN2CCN(C(C)(C)C)CC2)CC1.CCOC(=O)C1CCN(CCN2CCN(C(C)(C)C)CC2)CC1.CN(C)CCOC(=O)C1CCN(C(C)(C)C)CC1.COC(=O)C1(C)CCN(CCN2CCN(C(C)(C)C)CC2)CC1.COC(=O)C1CCN(CCN2CCN(C(C)(C)C)CC2)CC1. The minimum Gasteiger partial charge on any atom is -0.469 e. The molecule has 11 aliphatic rings. The van der Waals surface area contributed by atoms with Gasteiger partial charge in [-0.1, -0.05) is 0 Å². The van der Waals surface area contributed by atoms with Crippen LogP contribution < -0.4 is 0 Å². The van der Waals surface area contributed by atoms with E-state index in [-0.39, 0.29) is 92.5 Å². The second-order valence-corrected chi connectivity index (χ2v) is 46.0. The van der Waals surface area contributed by atoms with Crippen LogP contribution in [-0.2, 0) is 61.9 Å². The van der Waals surface area contributed by atoms with Crippen LogP contribution in [0.3, 0.4) is 0 Å². The van der Waals surface area contributed by atoms with Crippen molar-refractivity contribution < 1.29 is 61.9 Å². The van der Waals surface area contributed by atoms with Gasteiger partial charge in [-0.25, -0.2) is 0 Å². The first-order chi connectivity index (χ1) is 61.5. The number of nitrogens with zero attached hydrogens (tertiary/aromatic N) is 16. The van der Waals surface area contributed by atoms with Crippen LogP contribution in [0.1, 0.15) is 229 Å². The standard InChI is InChI=1S/C19H37N3O2.2C18H35N3O2.C17H33N3O2.C16H30N2O3.C14H28N2O2/c1-6-24-17(23)19(5)7-9-20(10-8-19)11-12-21-13-15-22(16-14-21)18(2,3)4;1-17(2,3)21-14-12-20(13-15-21)11-10-19-8-6-18(4,7-9-19)16(22)23-5;1-5-23-17(22)16-6-8-19(9-7-16)10-11-20-12-14-21(15-13-20)18(2,3)4;1-17(2,3)20-13-11-19(12-14-20)10-9-18-7-5-15(6-8-18)16(21)22-4;1-16(2,3)18-6-4-14(5-7-18)15(19)21-13-10-17-8-11-20-12-9-17;1-14(2,3)16-8-6-12(7-9-16)13(17)18-11-10-15(4)5/h6-16H2,1-5H3;6-15H2,1-5H3;16H,5-15H2,1-4H3;15H,5-14H2,1-4H3;14H,4-13H2,1-3H3;12H,6-11H2,1-5H3. The molecule has 0 aromatic heterocycles. The van der Waals surface area contributed by atoms with Gasteiger partial charge >= 0.3 is 35.8 Å². The number of methoxy groups -OCH3 is 2. The van der Waals surface area contributed by atoms with E-state index in [4.69, 9.17) is 33.2 Å². The lowest BCUT2D eigenvalue weighted by molar-refractivity contribution is -0.157. The van der Waals surface area contributed by atoms with Gasteiger partial charge in [0.1, 0.15) is 13.2 Å². The van der Waals surface area contributed by atoms with E-state index in [1.54, 1.807) is 0 Å². The summed E-state index contributed by atoms with van der Waals surface area (Å²) in [5.41, 5.74) is 1.02. The average molecular weight is 1860 g/mol. The predicted octanol–water partition coefficient (Wildman–Crippen LogP) is 9.68. The fraction of sp³-hybridized carbons (Fsp3) is 0.941. The van der Waals surface area contributed by atoms with Gasteiger partial charge in [-0.2, -0.15) is 0 Å². The molecule has 11 saturated heterocycles. The number of hydrogen-bond acceptors (Lipinski definition) is 29. The van der Waals surface area contributed by atoms with E-state index >= 15 is 0 Å². The third kappa shape index (κ3) is 42.4. The molecule has 29 nitrogen and oxygen atoms in total. The summed E-state index contributed by atoms with van der Waals surface area (Å²) in [6, 6.07) is 0. The van der Waals surface area contributed by atoms with Crippen LogP contribution in [-0.4, -0.2) is 477 Å². The van der Waals surface area contributed by atoms with Gasteiger partial charge in [-0.05, 0) is 322 Å². The van der Waals surface area contributed by atoms with Gasteiger partial charge in [-0.15, -0.1) is 0 Å². The number of likely N-dealkylation sites (tertiary alicyclic amines) is 6. The molecular formula is C102H198N16O13. The van der Waals surface area contributed by atoms with Crippen molar-refractivity contribution in [3.63, 3.8) is 0 Å². The first-order valence-corrected chi connectivity index (χ1v) is 51.6. The molecule has 11 heterocycles. The van der Waals surface area contributed by atoms with Crippen LogP contribution in [0.5, 0.6) is 0 Å². The average Bonchev–Trinajstić information content (AvgIpc) is 0.820. The molecular weight excluding hydrogens is 1660 g/mol. The van der Waals surface area contributed by atoms with Gasteiger partial charge < -0.3 is 57.7 Å². The summed E-state index contributed by atoms with van der Waals surface area (Å²) in [7, 11) is 6.95. The lowest BCUT2D eigenvalue weighted by Crippen LogP contribution is -2.54. The molecule has 0 unspecified atom stereocenters. The minimum atomic E-state index is -0.274. The topological polar surface area (TPSA) is 219 Å². The maximum Gasteiger partial charge on any atom is 0.311 e. The molecule has 0 radical (unpaired) electrons. The van der Waals surface area contributed by atoms with E-state index < -0.39 is 0 Å². The fourth-order valence-corrected chi connectivity index (χ4v) is 19.6. The minimum absolute atomic E-state index is 0.00295. The van der Waals surface area contributed by atoms with Crippen LogP contribution in [0.25, 0.3) is 0 Å². The molecule has 764 valence electrons. The largest absolute Gasteiger partial charge is 0.469 e. The van der Waals surface area contributed by atoms with Crippen molar-refractivity contribution in [3.8, 4) is 0 Å². The van der Waals surface area contributed by atoms with Crippen molar-refractivity contribution >= 4 is 35.8 Å². The van der Waals surface area contributed by atoms with Crippen molar-refractivity contribution in [2.45, 2.75) is 263 Å². The highest BCUT2D eigenvalue weighted by Gasteiger charge is 2.42. The Kier molecular flexibility index (Phi) is 49.9. The lowest BCUT2D eigenvalue weighted by atomic mass is 9.80. The molecule has 0 aromatic rings. The summed E-state index contributed by atoms with van der Waals surface area (Å²) in [5.74, 6) is 0.348. The van der Waals surface area contributed by atoms with Gasteiger partial charge in [0.2, 0.25) is 0 Å². The maximum atomic E-state index is 12.1. The van der Waals surface area contributed by atoms with Gasteiger partial charge in [0.05, 0.1) is 75.1 Å². The molecule has 0 bridgehead atoms. The maximum absolute atomic E-state index is 12.1. The van der Waals surface area contributed by atoms with Gasteiger partial charge in [-0.3, -0.25) is 82.7 Å².